The van der Waals surface area contributed by atoms with Crippen molar-refractivity contribution in [3.63, 3.8) is 0 Å². The van der Waals surface area contributed by atoms with Crippen molar-refractivity contribution in [2.75, 3.05) is 0 Å². The molecule has 0 aliphatic heterocycles. The Morgan fingerprint density at radius 1 is 1.45 bits per heavy atom. The lowest BCUT2D eigenvalue weighted by Crippen LogP contribution is -2.26. The summed E-state index contributed by atoms with van der Waals surface area (Å²) in [4.78, 5) is 16.7. The van der Waals surface area contributed by atoms with E-state index in [-0.39, 0.29) is 11.6 Å². The first-order chi connectivity index (χ1) is 9.59. The highest BCUT2D eigenvalue weighted by Gasteiger charge is 2.16. The Morgan fingerprint density at radius 3 is 2.90 bits per heavy atom. The van der Waals surface area contributed by atoms with E-state index < -0.39 is 0 Å². The van der Waals surface area contributed by atoms with Gasteiger partial charge in [-0.25, -0.2) is 9.67 Å². The molecule has 1 aromatic carbocycles. The van der Waals surface area contributed by atoms with Crippen LogP contribution in [-0.2, 0) is 0 Å². The first-order valence-corrected chi connectivity index (χ1v) is 6.43. The van der Waals surface area contributed by atoms with Gasteiger partial charge >= 0.3 is 0 Å². The van der Waals surface area contributed by atoms with E-state index >= 15 is 0 Å². The number of aromatic nitrogens is 4. The minimum absolute atomic E-state index is 0.267. The van der Waals surface area contributed by atoms with Crippen LogP contribution < -0.4 is 11.3 Å². The van der Waals surface area contributed by atoms with Gasteiger partial charge in [-0.1, -0.05) is 23.7 Å². The normalized spacial score (nSPS) is 12.8. The van der Waals surface area contributed by atoms with Crippen molar-refractivity contribution in [3.8, 4) is 5.95 Å². The fraction of sp³-hybridized carbons (Fsp3) is 0.154. The number of H-pyrrole nitrogens is 1. The molecule has 0 aliphatic rings. The summed E-state index contributed by atoms with van der Waals surface area (Å²) in [5.41, 5.74) is 6.34. The second-order valence-electron chi connectivity index (χ2n) is 4.51. The van der Waals surface area contributed by atoms with Crippen molar-refractivity contribution >= 4 is 22.4 Å². The van der Waals surface area contributed by atoms with Gasteiger partial charge in [0.15, 0.2) is 0 Å². The summed E-state index contributed by atoms with van der Waals surface area (Å²) in [5, 5.41) is 8.04. The smallest absolute Gasteiger partial charge is 0.267 e. The van der Waals surface area contributed by atoms with Crippen LogP contribution in [0.2, 0.25) is 5.02 Å². The molecule has 0 aliphatic carbocycles. The summed E-state index contributed by atoms with van der Waals surface area (Å²) >= 11 is 6.14. The van der Waals surface area contributed by atoms with Gasteiger partial charge in [-0.05, 0) is 24.4 Å². The average molecular weight is 290 g/mol. The molecule has 0 saturated carbocycles. The minimum atomic E-state index is -0.337. The van der Waals surface area contributed by atoms with Crippen molar-refractivity contribution in [1.82, 2.24) is 19.7 Å². The number of aromatic amines is 1. The summed E-state index contributed by atoms with van der Waals surface area (Å²) in [7, 11) is 0. The van der Waals surface area contributed by atoms with Crippen LogP contribution in [0.25, 0.3) is 16.7 Å². The van der Waals surface area contributed by atoms with Gasteiger partial charge < -0.3 is 5.73 Å². The Morgan fingerprint density at radius 2 is 2.25 bits per heavy atom. The fourth-order valence-electron chi connectivity index (χ4n) is 2.20. The average Bonchev–Trinajstić information content (AvgIpc) is 2.91. The highest BCUT2D eigenvalue weighted by Crippen LogP contribution is 2.23. The van der Waals surface area contributed by atoms with E-state index in [0.29, 0.717) is 22.1 Å². The van der Waals surface area contributed by atoms with Crippen LogP contribution >= 0.6 is 11.6 Å². The molecular weight excluding hydrogens is 278 g/mol. The molecule has 3 aromatic rings. The van der Waals surface area contributed by atoms with Crippen LogP contribution in [-0.4, -0.2) is 19.7 Å². The van der Waals surface area contributed by atoms with Gasteiger partial charge in [0.05, 0.1) is 10.4 Å². The zero-order chi connectivity index (χ0) is 14.3. The molecular formula is C13H12ClN5O. The van der Waals surface area contributed by atoms with Gasteiger partial charge in [0.2, 0.25) is 5.95 Å². The molecule has 0 saturated heterocycles. The Kier molecular flexibility index (Phi) is 3.04. The molecule has 0 spiro atoms. The molecule has 102 valence electrons. The lowest BCUT2D eigenvalue weighted by molar-refractivity contribution is 0.716. The molecule has 3 rings (SSSR count). The van der Waals surface area contributed by atoms with Crippen LogP contribution in [0.15, 0.2) is 35.4 Å². The Hall–Kier alpha value is -2.18. The first kappa shape index (κ1) is 12.8. The quantitative estimate of drug-likeness (QED) is 0.752. The van der Waals surface area contributed by atoms with Gasteiger partial charge in [-0.15, -0.1) is 0 Å². The molecule has 0 radical (unpaired) electrons. The number of pyridine rings is 1. The number of hydrogen-bond acceptors (Lipinski definition) is 4. The standard InChI is InChI=1S/C13H12ClN5O/c1-7(15)10-5-8-3-2-4-9(14)11(8)12(20)19(10)13-16-6-17-18-13/h2-7H,15H2,1H3,(H,16,17,18). The van der Waals surface area contributed by atoms with Crippen LogP contribution in [0.1, 0.15) is 18.7 Å². The number of benzene rings is 1. The second kappa shape index (κ2) is 4.73. The van der Waals surface area contributed by atoms with Gasteiger partial charge in [0.25, 0.3) is 5.56 Å². The number of nitrogens with zero attached hydrogens (tertiary/aromatic N) is 3. The first-order valence-electron chi connectivity index (χ1n) is 6.05. The zero-order valence-corrected chi connectivity index (χ0v) is 11.4. The van der Waals surface area contributed by atoms with E-state index in [1.165, 1.54) is 10.9 Å². The molecule has 1 unspecified atom stereocenters. The number of fused-ring (bicyclic) bond motifs is 1. The van der Waals surface area contributed by atoms with Crippen molar-refractivity contribution in [2.24, 2.45) is 5.73 Å². The molecule has 0 bridgehead atoms. The van der Waals surface area contributed by atoms with E-state index in [1.54, 1.807) is 19.1 Å². The predicted molar refractivity (Wildman–Crippen MR) is 77.1 cm³/mol. The number of nitrogens with two attached hydrogens (primary N) is 1. The van der Waals surface area contributed by atoms with Crippen molar-refractivity contribution in [3.05, 3.63) is 51.7 Å². The highest BCUT2D eigenvalue weighted by molar-refractivity contribution is 6.35. The van der Waals surface area contributed by atoms with Gasteiger partial charge in [0, 0.05) is 11.7 Å². The second-order valence-corrected chi connectivity index (χ2v) is 4.92. The molecule has 7 heteroatoms. The highest BCUT2D eigenvalue weighted by atomic mass is 35.5. The maximum Gasteiger partial charge on any atom is 0.267 e. The number of hydrogen-bond donors (Lipinski definition) is 2. The van der Waals surface area contributed by atoms with Crippen LogP contribution in [0.5, 0.6) is 0 Å². The molecule has 20 heavy (non-hydrogen) atoms. The summed E-state index contributed by atoms with van der Waals surface area (Å²) < 4.78 is 1.41. The zero-order valence-electron chi connectivity index (χ0n) is 10.7. The summed E-state index contributed by atoms with van der Waals surface area (Å²) in [6.45, 7) is 1.80. The number of nitrogens with one attached hydrogen (secondary N) is 1. The lowest BCUT2D eigenvalue weighted by Gasteiger charge is -2.15. The van der Waals surface area contributed by atoms with Crippen LogP contribution in [0.4, 0.5) is 0 Å². The Labute approximate surface area is 119 Å². The predicted octanol–water partition coefficient (Wildman–Crippen LogP) is 1.78. The fourth-order valence-corrected chi connectivity index (χ4v) is 2.46. The Balaban J connectivity index is 2.48. The van der Waals surface area contributed by atoms with Crippen molar-refractivity contribution in [1.29, 1.82) is 0 Å². The molecule has 0 fully saturated rings. The lowest BCUT2D eigenvalue weighted by atomic mass is 10.1. The van der Waals surface area contributed by atoms with Gasteiger partial charge in [-0.2, -0.15) is 10.1 Å². The molecule has 3 N–H and O–H groups in total. The summed E-state index contributed by atoms with van der Waals surface area (Å²) in [6.07, 6.45) is 1.34. The monoisotopic (exact) mass is 289 g/mol. The van der Waals surface area contributed by atoms with E-state index in [0.717, 1.165) is 5.39 Å². The molecule has 6 nitrogen and oxygen atoms in total. The van der Waals surface area contributed by atoms with Crippen LogP contribution in [0, 0.1) is 0 Å². The maximum absolute atomic E-state index is 12.7. The van der Waals surface area contributed by atoms with Crippen molar-refractivity contribution in [2.45, 2.75) is 13.0 Å². The third-order valence-electron chi connectivity index (χ3n) is 3.11. The Bertz CT molecular complexity index is 823. The van der Waals surface area contributed by atoms with Gasteiger partial charge in [0.1, 0.15) is 6.33 Å². The largest absolute Gasteiger partial charge is 0.323 e. The molecule has 2 aromatic heterocycles. The van der Waals surface area contributed by atoms with Crippen LogP contribution in [0.3, 0.4) is 0 Å². The van der Waals surface area contributed by atoms with Crippen molar-refractivity contribution < 1.29 is 0 Å². The third-order valence-corrected chi connectivity index (χ3v) is 3.42. The van der Waals surface area contributed by atoms with E-state index in [4.69, 9.17) is 17.3 Å². The maximum atomic E-state index is 12.7. The number of halogens is 1. The molecule has 1 atom stereocenters. The molecule has 0 amide bonds. The topological polar surface area (TPSA) is 89.6 Å². The SMILES string of the molecule is CC(N)c1cc2cccc(Cl)c2c(=O)n1-c1ncn[nH]1. The van der Waals surface area contributed by atoms with E-state index in [1.807, 2.05) is 12.1 Å². The van der Waals surface area contributed by atoms with E-state index in [2.05, 4.69) is 15.2 Å². The van der Waals surface area contributed by atoms with Gasteiger partial charge in [-0.3, -0.25) is 4.79 Å². The molecule has 2 heterocycles. The summed E-state index contributed by atoms with van der Waals surface area (Å²) in [6, 6.07) is 6.82. The minimum Gasteiger partial charge on any atom is -0.323 e. The summed E-state index contributed by atoms with van der Waals surface area (Å²) in [5.74, 6) is 0.323. The van der Waals surface area contributed by atoms with E-state index in [9.17, 15) is 4.79 Å². The number of rotatable bonds is 2. The third kappa shape index (κ3) is 1.90.